The molecule has 0 amide bonds. The number of carbonyl (C=O) groups is 1. The summed E-state index contributed by atoms with van der Waals surface area (Å²) in [6.07, 6.45) is 14.9. The molecule has 0 bridgehead atoms. The number of rotatable bonds is 6. The zero-order valence-electron chi connectivity index (χ0n) is 19.9. The summed E-state index contributed by atoms with van der Waals surface area (Å²) in [5, 5.41) is 2.95. The molecule has 0 saturated carbocycles. The molecule has 0 aromatic carbocycles. The smallest absolute Gasteiger partial charge is 0.165 e. The van der Waals surface area contributed by atoms with Crippen LogP contribution in [0.2, 0.25) is 0 Å². The third kappa shape index (κ3) is 7.05. The van der Waals surface area contributed by atoms with E-state index in [0.29, 0.717) is 12.0 Å². The van der Waals surface area contributed by atoms with Crippen molar-refractivity contribution in [2.45, 2.75) is 73.8 Å². The second-order valence-electron chi connectivity index (χ2n) is 7.78. The lowest BCUT2D eigenvalue weighted by atomic mass is 10.00. The number of aryl methyl sites for hydroxylation is 1. The first-order valence-corrected chi connectivity index (χ1v) is 11.2. The van der Waals surface area contributed by atoms with Crippen LogP contribution in [0.3, 0.4) is 0 Å². The summed E-state index contributed by atoms with van der Waals surface area (Å²) in [6.45, 7) is 18.5. The Balaban J connectivity index is 0.000000375. The number of H-pyrrole nitrogens is 1. The summed E-state index contributed by atoms with van der Waals surface area (Å²) in [5.74, 6) is 0.518. The SMILES string of the molecule is C=CC(C)Cc1cc(C2=CC=CCC(C)=C2)[nH]c1CC.CC.CC1=C(C=O)NC1C. The summed E-state index contributed by atoms with van der Waals surface area (Å²) in [6, 6.07) is 2.73. The van der Waals surface area contributed by atoms with Gasteiger partial charge in [-0.05, 0) is 68.7 Å². The highest BCUT2D eigenvalue weighted by molar-refractivity contribution is 5.77. The summed E-state index contributed by atoms with van der Waals surface area (Å²) < 4.78 is 0. The van der Waals surface area contributed by atoms with Gasteiger partial charge in [-0.2, -0.15) is 0 Å². The van der Waals surface area contributed by atoms with E-state index < -0.39 is 0 Å². The molecule has 30 heavy (non-hydrogen) atoms. The van der Waals surface area contributed by atoms with E-state index in [1.807, 2.05) is 33.8 Å². The Morgan fingerprint density at radius 3 is 2.50 bits per heavy atom. The van der Waals surface area contributed by atoms with Crippen LogP contribution in [0, 0.1) is 5.92 Å². The average molecular weight is 409 g/mol. The second-order valence-corrected chi connectivity index (χ2v) is 7.78. The largest absolute Gasteiger partial charge is 0.376 e. The number of allylic oxidation sites excluding steroid dienone is 8. The number of nitrogens with one attached hydrogen (secondary N) is 2. The standard InChI is InChI=1S/C19H25N.C6H9NO.C2H6/c1-5-14(3)11-17-13-19(20-18(17)6-2)16-10-8-7-9-15(4)12-16;1-4-5(2)7-6(4)3-8;1-2/h5,7-8,10,12-14,20H,1,6,9,11H2,2-4H3;3,5,7H,1-2H3;1-2H3. The Morgan fingerprint density at radius 1 is 1.30 bits per heavy atom. The van der Waals surface area contributed by atoms with Gasteiger partial charge in [-0.25, -0.2) is 0 Å². The summed E-state index contributed by atoms with van der Waals surface area (Å²) in [7, 11) is 0. The molecule has 2 N–H and O–H groups in total. The molecular weight excluding hydrogens is 368 g/mol. The predicted molar refractivity (Wildman–Crippen MR) is 131 cm³/mol. The van der Waals surface area contributed by atoms with Crippen LogP contribution in [-0.2, 0) is 17.6 Å². The third-order valence-corrected chi connectivity index (χ3v) is 5.42. The van der Waals surface area contributed by atoms with Crippen LogP contribution in [0.25, 0.3) is 5.57 Å². The van der Waals surface area contributed by atoms with Crippen LogP contribution in [-0.4, -0.2) is 17.3 Å². The summed E-state index contributed by atoms with van der Waals surface area (Å²) >= 11 is 0. The minimum absolute atomic E-state index is 0.412. The van der Waals surface area contributed by atoms with Gasteiger partial charge in [-0.3, -0.25) is 4.79 Å². The zero-order chi connectivity index (χ0) is 22.7. The Labute approximate surface area is 183 Å². The van der Waals surface area contributed by atoms with Gasteiger partial charge in [0.2, 0.25) is 0 Å². The lowest BCUT2D eigenvalue weighted by Crippen LogP contribution is -2.39. The fraction of sp³-hybridized carbons (Fsp3) is 0.444. The van der Waals surface area contributed by atoms with E-state index in [1.165, 1.54) is 33.7 Å². The van der Waals surface area contributed by atoms with Crippen LogP contribution in [0.4, 0.5) is 0 Å². The molecule has 0 saturated heterocycles. The maximum Gasteiger partial charge on any atom is 0.165 e. The van der Waals surface area contributed by atoms with Crippen LogP contribution >= 0.6 is 0 Å². The molecule has 0 spiro atoms. The lowest BCUT2D eigenvalue weighted by Gasteiger charge is -2.27. The van der Waals surface area contributed by atoms with Gasteiger partial charge in [-0.15, -0.1) is 6.58 Å². The van der Waals surface area contributed by atoms with Crippen molar-refractivity contribution in [1.29, 1.82) is 0 Å². The van der Waals surface area contributed by atoms with E-state index in [2.05, 4.69) is 68.0 Å². The Hall–Kier alpha value is -2.55. The highest BCUT2D eigenvalue weighted by Gasteiger charge is 2.18. The number of aromatic amines is 1. The average Bonchev–Trinajstić information content (AvgIpc) is 3.04. The molecule has 0 radical (unpaired) electrons. The maximum absolute atomic E-state index is 10.0. The number of aromatic nitrogens is 1. The molecule has 2 aliphatic rings. The third-order valence-electron chi connectivity index (χ3n) is 5.42. The van der Waals surface area contributed by atoms with Crippen molar-refractivity contribution in [2.75, 3.05) is 0 Å². The quantitative estimate of drug-likeness (QED) is 0.406. The first kappa shape index (κ1) is 25.5. The van der Waals surface area contributed by atoms with E-state index in [9.17, 15) is 4.79 Å². The van der Waals surface area contributed by atoms with Crippen LogP contribution < -0.4 is 5.32 Å². The first-order chi connectivity index (χ1) is 14.4. The molecule has 1 aliphatic heterocycles. The number of carbonyl (C=O) groups excluding carboxylic acids is 1. The van der Waals surface area contributed by atoms with Gasteiger partial charge in [0.15, 0.2) is 6.29 Å². The highest BCUT2D eigenvalue weighted by atomic mass is 16.1. The number of hydrogen-bond acceptors (Lipinski definition) is 2. The van der Waals surface area contributed by atoms with Gasteiger partial charge in [0.1, 0.15) is 0 Å². The first-order valence-electron chi connectivity index (χ1n) is 11.2. The Morgan fingerprint density at radius 2 is 2.00 bits per heavy atom. The van der Waals surface area contributed by atoms with Crippen molar-refractivity contribution in [2.24, 2.45) is 5.92 Å². The van der Waals surface area contributed by atoms with Gasteiger partial charge in [0, 0.05) is 17.4 Å². The number of aldehydes is 1. The van der Waals surface area contributed by atoms with Crippen molar-refractivity contribution in [3.8, 4) is 0 Å². The van der Waals surface area contributed by atoms with E-state index in [4.69, 9.17) is 0 Å². The maximum atomic E-state index is 10.0. The predicted octanol–water partition coefficient (Wildman–Crippen LogP) is 6.71. The fourth-order valence-electron chi connectivity index (χ4n) is 3.33. The second kappa shape index (κ2) is 12.9. The Bertz CT molecular complexity index is 833. The van der Waals surface area contributed by atoms with Crippen LogP contribution in [0.15, 0.2) is 59.9 Å². The van der Waals surface area contributed by atoms with Gasteiger partial charge < -0.3 is 10.3 Å². The number of hydrogen-bond donors (Lipinski definition) is 2. The van der Waals surface area contributed by atoms with E-state index in [0.717, 1.165) is 31.2 Å². The van der Waals surface area contributed by atoms with Crippen molar-refractivity contribution in [1.82, 2.24) is 10.3 Å². The van der Waals surface area contributed by atoms with Gasteiger partial charge >= 0.3 is 0 Å². The highest BCUT2D eigenvalue weighted by Crippen LogP contribution is 2.25. The molecule has 0 fully saturated rings. The molecule has 164 valence electrons. The van der Waals surface area contributed by atoms with E-state index in [-0.39, 0.29) is 0 Å². The van der Waals surface area contributed by atoms with Crippen molar-refractivity contribution in [3.05, 3.63) is 76.8 Å². The van der Waals surface area contributed by atoms with Gasteiger partial charge in [0.05, 0.1) is 5.70 Å². The fourth-order valence-corrected chi connectivity index (χ4v) is 3.33. The minimum atomic E-state index is 0.412. The van der Waals surface area contributed by atoms with Gasteiger partial charge in [-0.1, -0.05) is 63.6 Å². The molecule has 3 nitrogen and oxygen atoms in total. The van der Waals surface area contributed by atoms with Crippen LogP contribution in [0.1, 0.15) is 71.8 Å². The molecule has 1 aromatic heterocycles. The molecule has 3 rings (SSSR count). The normalized spacial score (nSPS) is 18.2. The molecule has 2 atom stereocenters. The molecule has 2 heterocycles. The lowest BCUT2D eigenvalue weighted by molar-refractivity contribution is -0.105. The molecule has 1 aliphatic carbocycles. The van der Waals surface area contributed by atoms with Crippen molar-refractivity contribution < 1.29 is 4.79 Å². The monoisotopic (exact) mass is 408 g/mol. The molecular formula is C27H40N2O. The summed E-state index contributed by atoms with van der Waals surface area (Å²) in [5.41, 5.74) is 8.63. The van der Waals surface area contributed by atoms with Crippen LogP contribution in [0.5, 0.6) is 0 Å². The van der Waals surface area contributed by atoms with Gasteiger partial charge in [0.25, 0.3) is 0 Å². The summed E-state index contributed by atoms with van der Waals surface area (Å²) in [4.78, 5) is 13.6. The molecule has 1 aromatic rings. The Kier molecular flexibility index (Phi) is 11.0. The van der Waals surface area contributed by atoms with E-state index in [1.54, 1.807) is 0 Å². The molecule has 2 unspecified atom stereocenters. The zero-order valence-corrected chi connectivity index (χ0v) is 19.9. The van der Waals surface area contributed by atoms with E-state index >= 15 is 0 Å². The van der Waals surface area contributed by atoms with Crippen molar-refractivity contribution >= 4 is 11.9 Å². The topological polar surface area (TPSA) is 44.9 Å². The minimum Gasteiger partial charge on any atom is -0.376 e. The van der Waals surface area contributed by atoms with Crippen molar-refractivity contribution in [3.63, 3.8) is 0 Å². The molecule has 3 heteroatoms.